The third-order valence-electron chi connectivity index (χ3n) is 5.64. The molecule has 0 amide bonds. The first kappa shape index (κ1) is 23.1. The van der Waals surface area contributed by atoms with Crippen LogP contribution in [0, 0.1) is 5.92 Å². The normalized spacial score (nSPS) is 22.0. The van der Waals surface area contributed by atoms with Gasteiger partial charge >= 0.3 is 0 Å². The number of aliphatic hydroxyl groups excluding tert-OH is 2. The van der Waals surface area contributed by atoms with E-state index >= 15 is 0 Å². The van der Waals surface area contributed by atoms with Gasteiger partial charge in [0.15, 0.2) is 6.29 Å². The molecule has 0 saturated carbocycles. The highest BCUT2D eigenvalue weighted by molar-refractivity contribution is 5.26. The van der Waals surface area contributed by atoms with Gasteiger partial charge in [0.1, 0.15) is 0 Å². The molecule has 1 saturated heterocycles. The first-order chi connectivity index (χ1) is 13.5. The van der Waals surface area contributed by atoms with E-state index in [0.717, 1.165) is 19.4 Å². The topological polar surface area (TPSA) is 58.9 Å². The number of ether oxygens (including phenoxy) is 2. The minimum absolute atomic E-state index is 0.0283. The quantitative estimate of drug-likeness (QED) is 0.311. The molecule has 4 nitrogen and oxygen atoms in total. The van der Waals surface area contributed by atoms with Gasteiger partial charge in [-0.2, -0.15) is 0 Å². The lowest BCUT2D eigenvalue weighted by molar-refractivity contribution is -0.0878. The fourth-order valence-electron chi connectivity index (χ4n) is 3.72. The highest BCUT2D eigenvalue weighted by Gasteiger charge is 2.22. The van der Waals surface area contributed by atoms with Crippen molar-refractivity contribution in [1.82, 2.24) is 0 Å². The number of benzene rings is 1. The van der Waals surface area contributed by atoms with Gasteiger partial charge in [-0.1, -0.05) is 57.0 Å². The van der Waals surface area contributed by atoms with Crippen molar-refractivity contribution >= 4 is 0 Å². The lowest BCUT2D eigenvalue weighted by Gasteiger charge is -2.29. The van der Waals surface area contributed by atoms with Crippen molar-refractivity contribution in [2.45, 2.75) is 77.1 Å². The second kappa shape index (κ2) is 12.4. The van der Waals surface area contributed by atoms with E-state index in [1.54, 1.807) is 6.92 Å². The molecule has 0 spiro atoms. The van der Waals surface area contributed by atoms with Gasteiger partial charge in [-0.05, 0) is 49.3 Å². The Kier molecular flexibility index (Phi) is 10.2. The second-order valence-corrected chi connectivity index (χ2v) is 8.25. The summed E-state index contributed by atoms with van der Waals surface area (Å²) in [6.45, 7) is 8.79. The average molecular weight is 391 g/mol. The molecule has 1 aliphatic heterocycles. The minimum Gasteiger partial charge on any atom is -0.396 e. The molecule has 4 atom stereocenters. The molecule has 1 aromatic rings. The number of unbranched alkanes of at least 4 members (excludes halogenated alkanes) is 2. The van der Waals surface area contributed by atoms with Crippen LogP contribution in [0.3, 0.4) is 0 Å². The lowest BCUT2D eigenvalue weighted by atomic mass is 9.89. The van der Waals surface area contributed by atoms with Gasteiger partial charge in [0.05, 0.1) is 19.3 Å². The molecule has 0 aromatic heterocycles. The first-order valence-corrected chi connectivity index (χ1v) is 10.8. The molecule has 4 heteroatoms. The molecule has 0 radical (unpaired) electrons. The highest BCUT2D eigenvalue weighted by Crippen LogP contribution is 2.30. The number of rotatable bonds is 12. The maximum Gasteiger partial charge on any atom is 0.176 e. The number of hydrogen-bond donors (Lipinski definition) is 2. The Morgan fingerprint density at radius 2 is 2.00 bits per heavy atom. The van der Waals surface area contributed by atoms with E-state index < -0.39 is 6.29 Å². The van der Waals surface area contributed by atoms with Crippen LogP contribution in [0.1, 0.15) is 69.4 Å². The molecule has 4 unspecified atom stereocenters. The summed E-state index contributed by atoms with van der Waals surface area (Å²) in [5, 5.41) is 19.3. The van der Waals surface area contributed by atoms with E-state index in [4.69, 9.17) is 9.47 Å². The second-order valence-electron chi connectivity index (χ2n) is 8.25. The zero-order valence-corrected chi connectivity index (χ0v) is 17.6. The maximum atomic E-state index is 9.68. The van der Waals surface area contributed by atoms with Crippen LogP contribution < -0.4 is 0 Å². The number of hydrogen-bond acceptors (Lipinski definition) is 4. The van der Waals surface area contributed by atoms with Crippen molar-refractivity contribution in [2.24, 2.45) is 5.92 Å². The van der Waals surface area contributed by atoms with Gasteiger partial charge in [-0.3, -0.25) is 0 Å². The summed E-state index contributed by atoms with van der Waals surface area (Å²) < 4.78 is 11.5. The van der Waals surface area contributed by atoms with Crippen molar-refractivity contribution in [3.05, 3.63) is 47.5 Å². The van der Waals surface area contributed by atoms with Gasteiger partial charge in [0.25, 0.3) is 0 Å². The summed E-state index contributed by atoms with van der Waals surface area (Å²) in [7, 11) is 0. The SMILES string of the molecule is C=C(C)C(O)OCC(CO)Cc1ccc(C2CCC(CCCCC)OC2)cc1. The van der Waals surface area contributed by atoms with E-state index in [1.807, 2.05) is 0 Å². The van der Waals surface area contributed by atoms with E-state index in [9.17, 15) is 10.2 Å². The minimum atomic E-state index is -0.964. The summed E-state index contributed by atoms with van der Waals surface area (Å²) in [6, 6.07) is 8.67. The third kappa shape index (κ3) is 7.67. The fraction of sp³-hybridized carbons (Fsp3) is 0.667. The highest BCUT2D eigenvalue weighted by atomic mass is 16.6. The van der Waals surface area contributed by atoms with Crippen LogP contribution in [0.25, 0.3) is 0 Å². The molecular weight excluding hydrogens is 352 g/mol. The summed E-state index contributed by atoms with van der Waals surface area (Å²) in [5.74, 6) is 0.445. The Morgan fingerprint density at radius 3 is 2.57 bits per heavy atom. The molecule has 2 N–H and O–H groups in total. The van der Waals surface area contributed by atoms with Gasteiger partial charge in [0, 0.05) is 18.4 Å². The zero-order valence-electron chi connectivity index (χ0n) is 17.6. The predicted molar refractivity (Wildman–Crippen MR) is 113 cm³/mol. The molecule has 1 aromatic carbocycles. The monoisotopic (exact) mass is 390 g/mol. The average Bonchev–Trinajstić information content (AvgIpc) is 2.72. The first-order valence-electron chi connectivity index (χ1n) is 10.8. The van der Waals surface area contributed by atoms with Crippen molar-refractivity contribution in [3.63, 3.8) is 0 Å². The molecule has 0 aliphatic carbocycles. The van der Waals surface area contributed by atoms with Crippen molar-refractivity contribution < 1.29 is 19.7 Å². The van der Waals surface area contributed by atoms with Crippen LogP contribution in [0.2, 0.25) is 0 Å². The molecule has 1 heterocycles. The standard InChI is InChI=1S/C24H38O4/c1-4-5-6-7-23-13-12-22(17-27-23)21-10-8-19(9-11-21)14-20(15-25)16-28-24(26)18(2)3/h8-11,20,22-26H,2,4-7,12-17H2,1,3H3. The molecule has 1 fully saturated rings. The third-order valence-corrected chi connectivity index (χ3v) is 5.64. The summed E-state index contributed by atoms with van der Waals surface area (Å²) in [5.41, 5.74) is 3.08. The van der Waals surface area contributed by atoms with E-state index in [2.05, 4.69) is 37.8 Å². The van der Waals surface area contributed by atoms with E-state index in [0.29, 0.717) is 24.2 Å². The number of aliphatic hydroxyl groups is 2. The van der Waals surface area contributed by atoms with Crippen molar-refractivity contribution in [2.75, 3.05) is 19.8 Å². The Hall–Kier alpha value is -1.20. The smallest absolute Gasteiger partial charge is 0.176 e. The summed E-state index contributed by atoms with van der Waals surface area (Å²) >= 11 is 0. The Bertz CT molecular complexity index is 560. The Balaban J connectivity index is 1.78. The van der Waals surface area contributed by atoms with Gasteiger partial charge < -0.3 is 19.7 Å². The maximum absolute atomic E-state index is 9.68. The van der Waals surface area contributed by atoms with Crippen molar-refractivity contribution in [3.8, 4) is 0 Å². The predicted octanol–water partition coefficient (Wildman–Crippen LogP) is 4.59. The van der Waals surface area contributed by atoms with Crippen LogP contribution >= 0.6 is 0 Å². The van der Waals surface area contributed by atoms with Gasteiger partial charge in [0.2, 0.25) is 0 Å². The molecule has 2 rings (SSSR count). The van der Waals surface area contributed by atoms with Crippen LogP contribution in [0.15, 0.2) is 36.4 Å². The van der Waals surface area contributed by atoms with Crippen molar-refractivity contribution in [1.29, 1.82) is 0 Å². The largest absolute Gasteiger partial charge is 0.396 e. The molecule has 28 heavy (non-hydrogen) atoms. The van der Waals surface area contributed by atoms with Gasteiger partial charge in [-0.25, -0.2) is 0 Å². The fourth-order valence-corrected chi connectivity index (χ4v) is 3.72. The van der Waals surface area contributed by atoms with Crippen LogP contribution in [0.5, 0.6) is 0 Å². The Labute approximate surface area is 170 Å². The molecule has 0 bridgehead atoms. The van der Waals surface area contributed by atoms with E-state index in [1.165, 1.54) is 43.2 Å². The molecule has 158 valence electrons. The van der Waals surface area contributed by atoms with Gasteiger partial charge in [-0.15, -0.1) is 0 Å². The zero-order chi connectivity index (χ0) is 20.4. The van der Waals surface area contributed by atoms with Crippen LogP contribution in [-0.2, 0) is 15.9 Å². The van der Waals surface area contributed by atoms with E-state index in [-0.39, 0.29) is 12.5 Å². The Morgan fingerprint density at radius 1 is 1.25 bits per heavy atom. The summed E-state index contributed by atoms with van der Waals surface area (Å²) in [6.07, 6.45) is 7.60. The molecular formula is C24H38O4. The van der Waals surface area contributed by atoms with Crippen LogP contribution in [0.4, 0.5) is 0 Å². The summed E-state index contributed by atoms with van der Waals surface area (Å²) in [4.78, 5) is 0. The molecule has 1 aliphatic rings. The van der Waals surface area contributed by atoms with Crippen LogP contribution in [-0.4, -0.2) is 42.4 Å². The lowest BCUT2D eigenvalue weighted by Crippen LogP contribution is -2.24.